The molecule has 0 N–H and O–H groups in total. The normalized spacial score (nSPS) is 22.1. The minimum Gasteiger partial charge on any atom is -0.278 e. The molecule has 30 heavy (non-hydrogen) atoms. The number of nitrogens with zero attached hydrogens (tertiary/aromatic N) is 4. The van der Waals surface area contributed by atoms with Crippen molar-refractivity contribution in [1.82, 2.24) is 19.5 Å². The molecule has 6 nitrogen and oxygen atoms in total. The second-order valence-corrected chi connectivity index (χ2v) is 9.36. The molecular formula is C23H23ClN4O2. The summed E-state index contributed by atoms with van der Waals surface area (Å²) in [4.78, 5) is 31.3. The summed E-state index contributed by atoms with van der Waals surface area (Å²) in [6.45, 7) is 8.40. The van der Waals surface area contributed by atoms with E-state index < -0.39 is 0 Å². The number of likely N-dealkylation sites (tertiary alicyclic amines) is 1. The Hall–Kier alpha value is -2.73. The van der Waals surface area contributed by atoms with E-state index in [1.165, 1.54) is 16.8 Å². The zero-order valence-electron chi connectivity index (χ0n) is 17.4. The van der Waals surface area contributed by atoms with E-state index >= 15 is 0 Å². The van der Waals surface area contributed by atoms with Crippen LogP contribution in [-0.4, -0.2) is 31.3 Å². The molecule has 3 heterocycles. The molecule has 0 bridgehead atoms. The summed E-state index contributed by atoms with van der Waals surface area (Å²) in [6.07, 6.45) is 4.24. The molecule has 2 amide bonds. The van der Waals surface area contributed by atoms with Crippen molar-refractivity contribution in [2.24, 2.45) is 17.3 Å². The molecule has 7 heteroatoms. The van der Waals surface area contributed by atoms with Gasteiger partial charge >= 0.3 is 0 Å². The van der Waals surface area contributed by atoms with Crippen LogP contribution in [0.1, 0.15) is 37.5 Å². The quantitative estimate of drug-likeness (QED) is 0.594. The minimum absolute atomic E-state index is 0.0599. The number of rotatable bonds is 4. The monoisotopic (exact) mass is 422 g/mol. The Morgan fingerprint density at radius 2 is 1.83 bits per heavy atom. The lowest BCUT2D eigenvalue weighted by Crippen LogP contribution is -2.35. The third-order valence-electron chi connectivity index (χ3n) is 6.74. The summed E-state index contributed by atoms with van der Waals surface area (Å²) in [5.74, 6) is -0.455. The Morgan fingerprint density at radius 1 is 1.13 bits per heavy atom. The summed E-state index contributed by atoms with van der Waals surface area (Å²) in [5.41, 5.74) is 5.57. The Labute approximate surface area is 179 Å². The van der Waals surface area contributed by atoms with E-state index in [4.69, 9.17) is 11.6 Å². The standard InChI is InChI=1S/C23H23ClN4O2/c1-5-15-12(2)6-14(24)8-16(15)20-17-7-13(10-28(17)26-11-25-20)9-27-21(29)18-19(22(27)30)23(18,3)4/h6-8,10-11,18-19H,5,9H2,1-4H3. The summed E-state index contributed by atoms with van der Waals surface area (Å²) < 4.78 is 1.75. The van der Waals surface area contributed by atoms with E-state index in [-0.39, 0.29) is 35.6 Å². The first-order valence-electron chi connectivity index (χ1n) is 10.2. The summed E-state index contributed by atoms with van der Waals surface area (Å²) in [7, 11) is 0. The smallest absolute Gasteiger partial charge is 0.233 e. The average Bonchev–Trinajstić information content (AvgIpc) is 2.95. The third kappa shape index (κ3) is 2.63. The van der Waals surface area contributed by atoms with Crippen LogP contribution in [0.4, 0.5) is 0 Å². The topological polar surface area (TPSA) is 67.6 Å². The molecule has 154 valence electrons. The van der Waals surface area contributed by atoms with Gasteiger partial charge in [-0.25, -0.2) is 9.50 Å². The maximum absolute atomic E-state index is 12.7. The van der Waals surface area contributed by atoms with Gasteiger partial charge in [0.1, 0.15) is 6.33 Å². The van der Waals surface area contributed by atoms with E-state index in [0.717, 1.165) is 34.3 Å². The van der Waals surface area contributed by atoms with Gasteiger partial charge in [0.2, 0.25) is 11.8 Å². The Balaban J connectivity index is 1.53. The maximum atomic E-state index is 12.7. The number of benzene rings is 1. The van der Waals surface area contributed by atoms with Gasteiger partial charge in [0.05, 0.1) is 29.6 Å². The van der Waals surface area contributed by atoms with Crippen LogP contribution in [0.2, 0.25) is 5.02 Å². The van der Waals surface area contributed by atoms with Crippen molar-refractivity contribution in [3.8, 4) is 11.3 Å². The van der Waals surface area contributed by atoms with Gasteiger partial charge < -0.3 is 0 Å². The fraction of sp³-hybridized carbons (Fsp3) is 0.391. The summed E-state index contributed by atoms with van der Waals surface area (Å²) in [6, 6.07) is 5.86. The molecule has 2 atom stereocenters. The Morgan fingerprint density at radius 3 is 2.50 bits per heavy atom. The zero-order valence-corrected chi connectivity index (χ0v) is 18.2. The van der Waals surface area contributed by atoms with Crippen LogP contribution in [0.15, 0.2) is 30.7 Å². The highest BCUT2D eigenvalue weighted by Crippen LogP contribution is 2.63. The Kier molecular flexibility index (Phi) is 4.09. The van der Waals surface area contributed by atoms with Crippen LogP contribution in [-0.2, 0) is 22.6 Å². The van der Waals surface area contributed by atoms with Crippen molar-refractivity contribution in [3.63, 3.8) is 0 Å². The molecule has 5 rings (SSSR count). The number of carbonyl (C=O) groups is 2. The van der Waals surface area contributed by atoms with Crippen LogP contribution in [0.25, 0.3) is 16.8 Å². The van der Waals surface area contributed by atoms with Crippen molar-refractivity contribution in [2.75, 3.05) is 0 Å². The number of piperidine rings is 1. The molecule has 1 saturated heterocycles. The molecule has 2 aliphatic rings. The molecule has 3 aromatic rings. The number of aryl methyl sites for hydroxylation is 1. The molecule has 1 saturated carbocycles. The molecule has 1 aliphatic heterocycles. The molecule has 1 aromatic carbocycles. The molecule has 0 spiro atoms. The van der Waals surface area contributed by atoms with E-state index in [9.17, 15) is 9.59 Å². The first kappa shape index (κ1) is 19.2. The summed E-state index contributed by atoms with van der Waals surface area (Å²) >= 11 is 6.34. The van der Waals surface area contributed by atoms with Gasteiger partial charge in [-0.1, -0.05) is 32.4 Å². The van der Waals surface area contributed by atoms with Crippen LogP contribution < -0.4 is 0 Å². The van der Waals surface area contributed by atoms with E-state index in [1.807, 2.05) is 45.2 Å². The van der Waals surface area contributed by atoms with E-state index in [0.29, 0.717) is 5.02 Å². The number of amides is 2. The number of aromatic nitrogens is 3. The highest BCUT2D eigenvalue weighted by atomic mass is 35.5. The van der Waals surface area contributed by atoms with E-state index in [1.54, 1.807) is 4.52 Å². The second-order valence-electron chi connectivity index (χ2n) is 8.93. The largest absolute Gasteiger partial charge is 0.278 e. The molecule has 1 aliphatic carbocycles. The number of imide groups is 1. The number of fused-ring (bicyclic) bond motifs is 2. The van der Waals surface area contributed by atoms with Crippen molar-refractivity contribution in [3.05, 3.63) is 52.4 Å². The van der Waals surface area contributed by atoms with E-state index in [2.05, 4.69) is 17.0 Å². The van der Waals surface area contributed by atoms with Crippen molar-refractivity contribution >= 4 is 28.9 Å². The lowest BCUT2D eigenvalue weighted by molar-refractivity contribution is -0.143. The van der Waals surface area contributed by atoms with Crippen LogP contribution >= 0.6 is 11.6 Å². The predicted molar refractivity (Wildman–Crippen MR) is 114 cm³/mol. The molecule has 2 unspecified atom stereocenters. The van der Waals surface area contributed by atoms with Crippen LogP contribution in [0, 0.1) is 24.2 Å². The highest BCUT2D eigenvalue weighted by molar-refractivity contribution is 6.31. The number of hydrogen-bond acceptors (Lipinski definition) is 4. The maximum Gasteiger partial charge on any atom is 0.233 e. The van der Waals surface area contributed by atoms with Crippen LogP contribution in [0.5, 0.6) is 0 Å². The van der Waals surface area contributed by atoms with Gasteiger partial charge in [-0.15, -0.1) is 0 Å². The van der Waals surface area contributed by atoms with Gasteiger partial charge in [0.15, 0.2) is 0 Å². The highest BCUT2D eigenvalue weighted by Gasteiger charge is 2.72. The van der Waals surface area contributed by atoms with Gasteiger partial charge in [-0.3, -0.25) is 14.5 Å². The molecule has 0 radical (unpaired) electrons. The number of halogens is 1. The van der Waals surface area contributed by atoms with Crippen molar-refractivity contribution in [1.29, 1.82) is 0 Å². The van der Waals surface area contributed by atoms with Gasteiger partial charge in [0.25, 0.3) is 0 Å². The van der Waals surface area contributed by atoms with Gasteiger partial charge in [-0.05, 0) is 53.6 Å². The first-order chi connectivity index (χ1) is 14.2. The molecular weight excluding hydrogens is 400 g/mol. The summed E-state index contributed by atoms with van der Waals surface area (Å²) in [5, 5.41) is 5.00. The zero-order chi connectivity index (χ0) is 21.4. The molecule has 2 aromatic heterocycles. The Bertz CT molecular complexity index is 1210. The number of carbonyl (C=O) groups excluding carboxylic acids is 2. The number of hydrogen-bond donors (Lipinski definition) is 0. The third-order valence-corrected chi connectivity index (χ3v) is 6.96. The SMILES string of the molecule is CCc1c(C)cc(Cl)cc1-c1ncnn2cc(CN3C(=O)C4C(C3=O)C4(C)C)cc12. The fourth-order valence-electron chi connectivity index (χ4n) is 5.07. The second kappa shape index (κ2) is 6.38. The predicted octanol–water partition coefficient (Wildman–Crippen LogP) is 4.06. The first-order valence-corrected chi connectivity index (χ1v) is 10.6. The lowest BCUT2D eigenvalue weighted by Gasteiger charge is -2.19. The lowest BCUT2D eigenvalue weighted by atomic mass is 9.97. The van der Waals surface area contributed by atoms with Gasteiger partial charge in [-0.2, -0.15) is 5.10 Å². The fourth-order valence-corrected chi connectivity index (χ4v) is 5.35. The average molecular weight is 423 g/mol. The van der Waals surface area contributed by atoms with Crippen molar-refractivity contribution < 1.29 is 9.59 Å². The van der Waals surface area contributed by atoms with Crippen LogP contribution in [0.3, 0.4) is 0 Å². The van der Waals surface area contributed by atoms with Gasteiger partial charge in [0, 0.05) is 16.8 Å². The van der Waals surface area contributed by atoms with Crippen molar-refractivity contribution in [2.45, 2.75) is 40.7 Å². The minimum atomic E-state index is -0.199. The molecule has 2 fully saturated rings.